The van der Waals surface area contributed by atoms with Crippen LogP contribution in [0.15, 0.2) is 18.2 Å². The molecule has 0 aliphatic heterocycles. The second-order valence-electron chi connectivity index (χ2n) is 5.10. The third kappa shape index (κ3) is 2.08. The Morgan fingerprint density at radius 3 is 3.00 bits per heavy atom. The zero-order chi connectivity index (χ0) is 15.1. The number of nitrogens with zero attached hydrogens (tertiary/aromatic N) is 3. The molecule has 1 aromatic carbocycles. The summed E-state index contributed by atoms with van der Waals surface area (Å²) in [6.45, 7) is 0. The maximum absolute atomic E-state index is 12.4. The first kappa shape index (κ1) is 13.4. The van der Waals surface area contributed by atoms with Crippen molar-refractivity contribution in [2.45, 2.75) is 19.3 Å². The van der Waals surface area contributed by atoms with Crippen LogP contribution in [0.25, 0.3) is 11.0 Å². The van der Waals surface area contributed by atoms with Gasteiger partial charge in [-0.15, -0.1) is 11.3 Å². The Kier molecular flexibility index (Phi) is 3.13. The zero-order valence-electron chi connectivity index (χ0n) is 11.4. The SMILES string of the molecule is N#Cc1c(NC(=O)c2ccc3nsnc3c2)sc2c1CCC2. The third-order valence-electron chi connectivity index (χ3n) is 3.78. The lowest BCUT2D eigenvalue weighted by molar-refractivity contribution is 0.102. The summed E-state index contributed by atoms with van der Waals surface area (Å²) in [5.41, 5.74) is 3.77. The molecule has 1 aliphatic rings. The molecule has 4 rings (SSSR count). The molecule has 5 nitrogen and oxygen atoms in total. The predicted octanol–water partition coefficient (Wildman–Crippen LogP) is 3.37. The van der Waals surface area contributed by atoms with Crippen molar-refractivity contribution in [2.75, 3.05) is 5.32 Å². The molecule has 22 heavy (non-hydrogen) atoms. The molecule has 3 aromatic rings. The van der Waals surface area contributed by atoms with E-state index < -0.39 is 0 Å². The molecule has 0 atom stereocenters. The van der Waals surface area contributed by atoms with Crippen LogP contribution in [0.4, 0.5) is 5.00 Å². The number of aromatic nitrogens is 2. The lowest BCUT2D eigenvalue weighted by Crippen LogP contribution is -2.11. The first-order valence-electron chi connectivity index (χ1n) is 6.84. The lowest BCUT2D eigenvalue weighted by Gasteiger charge is -2.04. The number of benzene rings is 1. The van der Waals surface area contributed by atoms with E-state index in [9.17, 15) is 10.1 Å². The van der Waals surface area contributed by atoms with E-state index in [4.69, 9.17) is 0 Å². The molecule has 0 spiro atoms. The largest absolute Gasteiger partial charge is 0.312 e. The molecule has 0 saturated heterocycles. The van der Waals surface area contributed by atoms with Gasteiger partial charge in [0.15, 0.2) is 0 Å². The molecule has 0 fully saturated rings. The van der Waals surface area contributed by atoms with Crippen molar-refractivity contribution in [3.05, 3.63) is 39.8 Å². The van der Waals surface area contributed by atoms with Gasteiger partial charge < -0.3 is 5.32 Å². The standard InChI is InChI=1S/C15H10N4OS2/c16-7-10-9-2-1-3-13(9)21-15(10)17-14(20)8-4-5-11-12(6-8)19-22-18-11/h4-6H,1-3H2,(H,17,20). The number of carbonyl (C=O) groups is 1. The Morgan fingerprint density at radius 2 is 2.14 bits per heavy atom. The van der Waals surface area contributed by atoms with E-state index >= 15 is 0 Å². The number of amides is 1. The molecule has 0 saturated carbocycles. The highest BCUT2D eigenvalue weighted by atomic mass is 32.1. The molecule has 2 heterocycles. The number of hydrogen-bond acceptors (Lipinski definition) is 6. The maximum atomic E-state index is 12.4. The summed E-state index contributed by atoms with van der Waals surface area (Å²) < 4.78 is 8.27. The summed E-state index contributed by atoms with van der Waals surface area (Å²) in [6.07, 6.45) is 3.03. The van der Waals surface area contributed by atoms with Crippen molar-refractivity contribution in [1.82, 2.24) is 8.75 Å². The van der Waals surface area contributed by atoms with Gasteiger partial charge in [-0.3, -0.25) is 4.79 Å². The fourth-order valence-corrected chi connectivity index (χ4v) is 4.46. The molecule has 1 aliphatic carbocycles. The molecular weight excluding hydrogens is 316 g/mol. The van der Waals surface area contributed by atoms with E-state index in [2.05, 4.69) is 20.1 Å². The summed E-state index contributed by atoms with van der Waals surface area (Å²) >= 11 is 2.65. The van der Waals surface area contributed by atoms with Crippen LogP contribution in [-0.4, -0.2) is 14.7 Å². The number of aryl methyl sites for hydroxylation is 1. The number of thiophene rings is 1. The van der Waals surface area contributed by atoms with Gasteiger partial charge in [0.1, 0.15) is 22.1 Å². The first-order chi connectivity index (χ1) is 10.8. The molecule has 0 radical (unpaired) electrons. The second kappa shape index (κ2) is 5.16. The minimum atomic E-state index is -0.216. The van der Waals surface area contributed by atoms with E-state index in [0.29, 0.717) is 21.6 Å². The topological polar surface area (TPSA) is 78.7 Å². The molecule has 0 bridgehead atoms. The van der Waals surface area contributed by atoms with Crippen molar-refractivity contribution < 1.29 is 4.79 Å². The van der Waals surface area contributed by atoms with E-state index in [1.807, 2.05) is 0 Å². The van der Waals surface area contributed by atoms with Gasteiger partial charge in [0, 0.05) is 10.4 Å². The van der Waals surface area contributed by atoms with E-state index in [-0.39, 0.29) is 5.91 Å². The van der Waals surface area contributed by atoms with Gasteiger partial charge in [-0.2, -0.15) is 14.0 Å². The Labute approximate surface area is 134 Å². The number of rotatable bonds is 2. The van der Waals surface area contributed by atoms with Gasteiger partial charge in [-0.1, -0.05) is 0 Å². The molecule has 1 N–H and O–H groups in total. The van der Waals surface area contributed by atoms with E-state index in [1.165, 1.54) is 16.2 Å². The Hall–Kier alpha value is -2.30. The van der Waals surface area contributed by atoms with Gasteiger partial charge in [0.25, 0.3) is 5.91 Å². The number of anilines is 1. The number of hydrogen-bond donors (Lipinski definition) is 1. The molecule has 2 aromatic heterocycles. The summed E-state index contributed by atoms with van der Waals surface area (Å²) in [5, 5.41) is 12.9. The van der Waals surface area contributed by atoms with Crippen molar-refractivity contribution in [2.24, 2.45) is 0 Å². The van der Waals surface area contributed by atoms with Gasteiger partial charge >= 0.3 is 0 Å². The highest BCUT2D eigenvalue weighted by Crippen LogP contribution is 2.38. The molecule has 0 unspecified atom stereocenters. The molecule has 1 amide bonds. The van der Waals surface area contributed by atoms with Crippen LogP contribution >= 0.6 is 23.1 Å². The minimum Gasteiger partial charge on any atom is -0.312 e. The second-order valence-corrected chi connectivity index (χ2v) is 6.73. The summed E-state index contributed by atoms with van der Waals surface area (Å²) in [6, 6.07) is 7.47. The van der Waals surface area contributed by atoms with Gasteiger partial charge in [-0.05, 0) is 43.0 Å². The Balaban J connectivity index is 1.66. The van der Waals surface area contributed by atoms with Crippen molar-refractivity contribution in [3.8, 4) is 6.07 Å². The van der Waals surface area contributed by atoms with Gasteiger partial charge in [0.05, 0.1) is 17.3 Å². The minimum absolute atomic E-state index is 0.216. The number of carbonyl (C=O) groups excluding carboxylic acids is 1. The fraction of sp³-hybridized carbons (Fsp3) is 0.200. The third-order valence-corrected chi connectivity index (χ3v) is 5.54. The number of nitrogens with one attached hydrogen (secondary N) is 1. The summed E-state index contributed by atoms with van der Waals surface area (Å²) in [7, 11) is 0. The lowest BCUT2D eigenvalue weighted by atomic mass is 10.1. The number of fused-ring (bicyclic) bond motifs is 2. The molecule has 7 heteroatoms. The Bertz CT molecular complexity index is 935. The maximum Gasteiger partial charge on any atom is 0.256 e. The highest BCUT2D eigenvalue weighted by Gasteiger charge is 2.23. The fourth-order valence-electron chi connectivity index (χ4n) is 2.71. The van der Waals surface area contributed by atoms with E-state index in [0.717, 1.165) is 42.1 Å². The molecular formula is C15H10N4OS2. The van der Waals surface area contributed by atoms with Crippen LogP contribution in [0.5, 0.6) is 0 Å². The summed E-state index contributed by atoms with van der Waals surface area (Å²) in [5.74, 6) is -0.216. The highest BCUT2D eigenvalue weighted by molar-refractivity contribution is 7.16. The normalized spacial score (nSPS) is 13.0. The van der Waals surface area contributed by atoms with Crippen LogP contribution in [-0.2, 0) is 12.8 Å². The van der Waals surface area contributed by atoms with Crippen LogP contribution in [0.2, 0.25) is 0 Å². The first-order valence-corrected chi connectivity index (χ1v) is 8.39. The van der Waals surface area contributed by atoms with Crippen LogP contribution in [0.1, 0.15) is 32.8 Å². The zero-order valence-corrected chi connectivity index (χ0v) is 13.1. The van der Waals surface area contributed by atoms with Gasteiger partial charge in [0.2, 0.25) is 0 Å². The van der Waals surface area contributed by atoms with Crippen LogP contribution in [0.3, 0.4) is 0 Å². The average Bonchev–Trinajstić information content (AvgIpc) is 3.21. The monoisotopic (exact) mass is 326 g/mol. The van der Waals surface area contributed by atoms with Crippen molar-refractivity contribution in [1.29, 1.82) is 5.26 Å². The predicted molar refractivity (Wildman–Crippen MR) is 86.4 cm³/mol. The van der Waals surface area contributed by atoms with Gasteiger partial charge in [-0.25, -0.2) is 0 Å². The van der Waals surface area contributed by atoms with E-state index in [1.54, 1.807) is 18.2 Å². The smallest absolute Gasteiger partial charge is 0.256 e. The van der Waals surface area contributed by atoms with Crippen LogP contribution in [0, 0.1) is 11.3 Å². The summed E-state index contributed by atoms with van der Waals surface area (Å²) in [4.78, 5) is 13.6. The van der Waals surface area contributed by atoms with Crippen molar-refractivity contribution >= 4 is 45.0 Å². The quantitative estimate of drug-likeness (QED) is 0.783. The van der Waals surface area contributed by atoms with Crippen molar-refractivity contribution in [3.63, 3.8) is 0 Å². The molecule has 108 valence electrons. The average molecular weight is 326 g/mol. The number of nitriles is 1. The Morgan fingerprint density at radius 1 is 1.27 bits per heavy atom. The van der Waals surface area contributed by atoms with Crippen LogP contribution < -0.4 is 5.32 Å².